The molecule has 7 heteroatoms. The van der Waals surface area contributed by atoms with Crippen molar-refractivity contribution in [1.29, 1.82) is 0 Å². The van der Waals surface area contributed by atoms with Crippen molar-refractivity contribution < 1.29 is 4.79 Å². The summed E-state index contributed by atoms with van der Waals surface area (Å²) in [4.78, 5) is 27.6. The van der Waals surface area contributed by atoms with Crippen molar-refractivity contribution in [3.63, 3.8) is 0 Å². The molecule has 0 spiro atoms. The second-order valence-corrected chi connectivity index (χ2v) is 8.53. The fourth-order valence-electron chi connectivity index (χ4n) is 4.11. The lowest BCUT2D eigenvalue weighted by Gasteiger charge is -2.40. The number of nitrogens with one attached hydrogen (secondary N) is 2. The molecular weight excluding hydrogens is 430 g/mol. The van der Waals surface area contributed by atoms with Gasteiger partial charge in [0.2, 0.25) is 5.91 Å². The van der Waals surface area contributed by atoms with E-state index in [0.29, 0.717) is 6.42 Å². The molecule has 0 bridgehead atoms. The Morgan fingerprint density at radius 2 is 2.17 bits per heavy atom. The molecule has 1 saturated heterocycles. The van der Waals surface area contributed by atoms with Gasteiger partial charge in [-0.25, -0.2) is 9.97 Å². The Hall–Kier alpha value is -2.67. The van der Waals surface area contributed by atoms with E-state index >= 15 is 0 Å². The average molecular weight is 454 g/mol. The lowest BCUT2D eigenvalue weighted by molar-refractivity contribution is -0.126. The van der Waals surface area contributed by atoms with E-state index in [4.69, 9.17) is 0 Å². The van der Waals surface area contributed by atoms with Crippen LogP contribution in [0.1, 0.15) is 24.8 Å². The lowest BCUT2D eigenvalue weighted by atomic mass is 9.74. The Labute approximate surface area is 178 Å². The standard InChI is InChI=1S/C22H24BrN5O/c1-3-7-22(21(29)27-17-6-4-5-16(23)12-17)8-10-28(11-9-22)20-18-15(2)13-24-19(18)25-14-26-20/h3-6,12-14H,1,7-11H2,2H3,(H,27,29)(H,24,25,26). The topological polar surface area (TPSA) is 73.9 Å². The molecule has 1 amide bonds. The number of aromatic amines is 1. The highest BCUT2D eigenvalue weighted by molar-refractivity contribution is 9.10. The molecule has 2 N–H and O–H groups in total. The number of piperidine rings is 1. The van der Waals surface area contributed by atoms with E-state index in [1.807, 2.05) is 36.5 Å². The van der Waals surface area contributed by atoms with Crippen LogP contribution in [-0.4, -0.2) is 33.9 Å². The summed E-state index contributed by atoms with van der Waals surface area (Å²) in [7, 11) is 0. The summed E-state index contributed by atoms with van der Waals surface area (Å²) in [5.41, 5.74) is 2.32. The zero-order valence-electron chi connectivity index (χ0n) is 16.4. The molecule has 0 radical (unpaired) electrons. The van der Waals surface area contributed by atoms with Crippen molar-refractivity contribution in [2.45, 2.75) is 26.2 Å². The van der Waals surface area contributed by atoms with Crippen LogP contribution in [0, 0.1) is 12.3 Å². The van der Waals surface area contributed by atoms with Crippen LogP contribution in [0.2, 0.25) is 0 Å². The number of nitrogens with zero attached hydrogens (tertiary/aromatic N) is 3. The number of aromatic nitrogens is 3. The van der Waals surface area contributed by atoms with Crippen LogP contribution in [0.3, 0.4) is 0 Å². The monoisotopic (exact) mass is 453 g/mol. The van der Waals surface area contributed by atoms with Crippen LogP contribution < -0.4 is 10.2 Å². The van der Waals surface area contributed by atoms with E-state index in [1.165, 1.54) is 0 Å². The summed E-state index contributed by atoms with van der Waals surface area (Å²) in [6.45, 7) is 7.48. The number of aryl methyl sites for hydroxylation is 1. The normalized spacial score (nSPS) is 16.0. The zero-order valence-corrected chi connectivity index (χ0v) is 18.0. The molecule has 0 aliphatic carbocycles. The maximum atomic E-state index is 13.2. The van der Waals surface area contributed by atoms with Gasteiger partial charge in [0.15, 0.2) is 0 Å². The number of hydrogen-bond acceptors (Lipinski definition) is 4. The van der Waals surface area contributed by atoms with Crippen LogP contribution in [0.15, 0.2) is 53.9 Å². The number of benzene rings is 1. The Morgan fingerprint density at radius 1 is 1.38 bits per heavy atom. The molecular formula is C22H24BrN5O. The number of carbonyl (C=O) groups is 1. The molecule has 29 heavy (non-hydrogen) atoms. The minimum atomic E-state index is -0.458. The van der Waals surface area contributed by atoms with Gasteiger partial charge in [0, 0.05) is 29.4 Å². The minimum Gasteiger partial charge on any atom is -0.356 e. The van der Waals surface area contributed by atoms with E-state index in [-0.39, 0.29) is 5.91 Å². The number of hydrogen-bond donors (Lipinski definition) is 2. The van der Waals surface area contributed by atoms with E-state index in [1.54, 1.807) is 6.33 Å². The number of allylic oxidation sites excluding steroid dienone is 1. The summed E-state index contributed by atoms with van der Waals surface area (Å²) in [5, 5.41) is 4.16. The van der Waals surface area contributed by atoms with Gasteiger partial charge in [0.25, 0.3) is 0 Å². The summed E-state index contributed by atoms with van der Waals surface area (Å²) in [5.74, 6) is 0.995. The highest BCUT2D eigenvalue weighted by Gasteiger charge is 2.41. The van der Waals surface area contributed by atoms with Gasteiger partial charge in [-0.05, 0) is 49.9 Å². The second-order valence-electron chi connectivity index (χ2n) is 7.62. The Bertz CT molecular complexity index is 1050. The maximum absolute atomic E-state index is 13.2. The number of H-pyrrole nitrogens is 1. The highest BCUT2D eigenvalue weighted by Crippen LogP contribution is 2.39. The fourth-order valence-corrected chi connectivity index (χ4v) is 4.51. The lowest BCUT2D eigenvalue weighted by Crippen LogP contribution is -2.46. The molecule has 0 unspecified atom stereocenters. The summed E-state index contributed by atoms with van der Waals surface area (Å²) in [6, 6.07) is 7.69. The molecule has 1 aliphatic rings. The third-order valence-corrected chi connectivity index (χ3v) is 6.26. The van der Waals surface area contributed by atoms with Crippen LogP contribution in [0.4, 0.5) is 11.5 Å². The van der Waals surface area contributed by atoms with Gasteiger partial charge in [-0.2, -0.15) is 0 Å². The molecule has 0 atom stereocenters. The van der Waals surface area contributed by atoms with E-state index < -0.39 is 5.41 Å². The third-order valence-electron chi connectivity index (χ3n) is 5.77. The second kappa shape index (κ2) is 7.99. The number of halogens is 1. The van der Waals surface area contributed by atoms with Crippen LogP contribution in [0.5, 0.6) is 0 Å². The number of amides is 1. The summed E-state index contributed by atoms with van der Waals surface area (Å²) in [6.07, 6.45) is 7.56. The number of carbonyl (C=O) groups excluding carboxylic acids is 1. The largest absolute Gasteiger partial charge is 0.356 e. The summed E-state index contributed by atoms with van der Waals surface area (Å²) >= 11 is 3.46. The van der Waals surface area contributed by atoms with E-state index in [0.717, 1.165) is 58.5 Å². The predicted octanol–water partition coefficient (Wildman–Crippen LogP) is 4.83. The van der Waals surface area contributed by atoms with Gasteiger partial charge in [-0.15, -0.1) is 6.58 Å². The fraction of sp³-hybridized carbons (Fsp3) is 0.318. The van der Waals surface area contributed by atoms with Gasteiger partial charge >= 0.3 is 0 Å². The first kappa shape index (κ1) is 19.6. The number of anilines is 2. The Morgan fingerprint density at radius 3 is 2.90 bits per heavy atom. The molecule has 0 saturated carbocycles. The van der Waals surface area contributed by atoms with Crippen molar-refractivity contribution in [3.05, 3.63) is 59.5 Å². The Kier molecular flexibility index (Phi) is 5.41. The quantitative estimate of drug-likeness (QED) is 0.542. The van der Waals surface area contributed by atoms with Gasteiger partial charge in [0.1, 0.15) is 17.8 Å². The summed E-state index contributed by atoms with van der Waals surface area (Å²) < 4.78 is 0.942. The Balaban J connectivity index is 1.54. The molecule has 3 heterocycles. The SMILES string of the molecule is C=CCC1(C(=O)Nc2cccc(Br)c2)CCN(c2ncnc3[nH]cc(C)c23)CC1. The van der Waals surface area contributed by atoms with Crippen molar-refractivity contribution in [2.75, 3.05) is 23.3 Å². The van der Waals surface area contributed by atoms with Gasteiger partial charge in [-0.1, -0.05) is 28.1 Å². The first-order valence-electron chi connectivity index (χ1n) is 9.74. The molecule has 3 aromatic rings. The molecule has 1 aromatic carbocycles. The maximum Gasteiger partial charge on any atom is 0.231 e. The van der Waals surface area contributed by atoms with Crippen LogP contribution in [0.25, 0.3) is 11.0 Å². The van der Waals surface area contributed by atoms with Gasteiger partial charge in [-0.3, -0.25) is 4.79 Å². The van der Waals surface area contributed by atoms with Crippen LogP contribution in [-0.2, 0) is 4.79 Å². The first-order chi connectivity index (χ1) is 14.0. The highest BCUT2D eigenvalue weighted by atomic mass is 79.9. The number of rotatable bonds is 5. The van der Waals surface area contributed by atoms with E-state index in [9.17, 15) is 4.79 Å². The van der Waals surface area contributed by atoms with Crippen LogP contribution >= 0.6 is 15.9 Å². The first-order valence-corrected chi connectivity index (χ1v) is 10.5. The van der Waals surface area contributed by atoms with Gasteiger partial charge in [0.05, 0.1) is 10.8 Å². The molecule has 1 aliphatic heterocycles. The van der Waals surface area contributed by atoms with Crippen molar-refractivity contribution in [3.8, 4) is 0 Å². The van der Waals surface area contributed by atoms with Crippen molar-refractivity contribution in [1.82, 2.24) is 15.0 Å². The minimum absolute atomic E-state index is 0.0563. The molecule has 150 valence electrons. The smallest absolute Gasteiger partial charge is 0.231 e. The molecule has 4 rings (SSSR count). The zero-order chi connectivity index (χ0) is 20.4. The number of fused-ring (bicyclic) bond motifs is 1. The molecule has 2 aromatic heterocycles. The molecule has 6 nitrogen and oxygen atoms in total. The third kappa shape index (κ3) is 3.79. The van der Waals surface area contributed by atoms with E-state index in [2.05, 4.69) is 54.6 Å². The van der Waals surface area contributed by atoms with Crippen molar-refractivity contribution in [2.24, 2.45) is 5.41 Å². The van der Waals surface area contributed by atoms with Crippen molar-refractivity contribution >= 4 is 44.4 Å². The average Bonchev–Trinajstić information content (AvgIpc) is 3.10. The predicted molar refractivity (Wildman–Crippen MR) is 120 cm³/mol. The van der Waals surface area contributed by atoms with Gasteiger partial charge < -0.3 is 15.2 Å². The molecule has 1 fully saturated rings.